The quantitative estimate of drug-likeness (QED) is 0.213. The first-order valence-corrected chi connectivity index (χ1v) is 15.0. The van der Waals surface area contributed by atoms with E-state index in [2.05, 4.69) is 20.9 Å². The zero-order valence-electron chi connectivity index (χ0n) is 21.8. The monoisotopic (exact) mass is 708 g/mol. The third-order valence-electron chi connectivity index (χ3n) is 6.29. The average molecular weight is 709 g/mol. The first-order valence-electron chi connectivity index (χ1n) is 11.9. The van der Waals surface area contributed by atoms with E-state index in [-0.39, 0.29) is 23.2 Å². The second-order valence-electron chi connectivity index (χ2n) is 11.3. The van der Waals surface area contributed by atoms with Gasteiger partial charge in [-0.15, -0.1) is 11.8 Å². The molecule has 0 radical (unpaired) electrons. The number of nitrogens with zero attached hydrogens (tertiary/aromatic N) is 3. The van der Waals surface area contributed by atoms with Crippen molar-refractivity contribution in [2.75, 3.05) is 23.4 Å². The molecule has 1 saturated carbocycles. The molecule has 2 aliphatic heterocycles. The first-order chi connectivity index (χ1) is 17.0. The SMILES string of the molecule is CSc1nc2c(F)c(Br)c(I)cc2c(N(C(=O)OC(C)(C)C)[C@H]2[C@@H]3C[C@H]2N(C(=O)OC(C)(C)C)C3)c1N. The first kappa shape index (κ1) is 28.5. The molecule has 1 aliphatic carbocycles. The van der Waals surface area contributed by atoms with Crippen molar-refractivity contribution in [1.29, 1.82) is 0 Å². The molecule has 8 nitrogen and oxygen atoms in total. The molecule has 37 heavy (non-hydrogen) atoms. The molecule has 1 aromatic heterocycles. The molecule has 3 atom stereocenters. The van der Waals surface area contributed by atoms with Gasteiger partial charge in [-0.3, -0.25) is 4.90 Å². The predicted molar refractivity (Wildman–Crippen MR) is 156 cm³/mol. The minimum atomic E-state index is -0.786. The maximum Gasteiger partial charge on any atom is 0.415 e. The van der Waals surface area contributed by atoms with E-state index in [4.69, 9.17) is 15.2 Å². The number of carbonyl (C=O) groups is 2. The van der Waals surface area contributed by atoms with Crippen LogP contribution in [0.1, 0.15) is 48.0 Å². The molecule has 1 aromatic carbocycles. The number of nitrogens with two attached hydrogens (primary N) is 1. The summed E-state index contributed by atoms with van der Waals surface area (Å²) in [4.78, 5) is 34.5. The third-order valence-corrected chi connectivity index (χ3v) is 9.36. The number of fused-ring (bicyclic) bond motifs is 2. The van der Waals surface area contributed by atoms with E-state index in [9.17, 15) is 9.59 Å². The Hall–Kier alpha value is -1.54. The van der Waals surface area contributed by atoms with Crippen LogP contribution in [0.25, 0.3) is 10.9 Å². The van der Waals surface area contributed by atoms with Crippen molar-refractivity contribution in [1.82, 2.24) is 9.88 Å². The Bertz CT molecular complexity index is 1280. The minimum absolute atomic E-state index is 0.00949. The van der Waals surface area contributed by atoms with Gasteiger partial charge in [0.05, 0.1) is 27.9 Å². The van der Waals surface area contributed by atoms with Gasteiger partial charge in [0.1, 0.15) is 21.7 Å². The van der Waals surface area contributed by atoms with E-state index in [0.29, 0.717) is 30.7 Å². The van der Waals surface area contributed by atoms with Crippen LogP contribution in [0.15, 0.2) is 15.6 Å². The highest BCUT2D eigenvalue weighted by molar-refractivity contribution is 14.1. The lowest BCUT2D eigenvalue weighted by Gasteiger charge is -2.44. The Labute approximate surface area is 242 Å². The van der Waals surface area contributed by atoms with Crippen molar-refractivity contribution in [2.24, 2.45) is 5.92 Å². The van der Waals surface area contributed by atoms with Crippen LogP contribution in [0.5, 0.6) is 0 Å². The van der Waals surface area contributed by atoms with Gasteiger partial charge in [-0.2, -0.15) is 0 Å². The van der Waals surface area contributed by atoms with Crippen molar-refractivity contribution < 1.29 is 23.5 Å². The molecule has 5 rings (SSSR count). The number of amides is 2. The van der Waals surface area contributed by atoms with E-state index in [1.165, 1.54) is 16.7 Å². The molecule has 3 fully saturated rings. The van der Waals surface area contributed by atoms with Crippen LogP contribution < -0.4 is 10.6 Å². The number of aromatic nitrogens is 1. The predicted octanol–water partition coefficient (Wildman–Crippen LogP) is 6.79. The third kappa shape index (κ3) is 5.34. The van der Waals surface area contributed by atoms with Crippen LogP contribution in [0.2, 0.25) is 0 Å². The number of hydrogen-bond acceptors (Lipinski definition) is 7. The lowest BCUT2D eigenvalue weighted by molar-refractivity contribution is 0.0217. The van der Waals surface area contributed by atoms with Gasteiger partial charge in [-0.05, 0) is 98.8 Å². The van der Waals surface area contributed by atoms with Gasteiger partial charge in [0, 0.05) is 21.4 Å². The number of benzene rings is 1. The Kier molecular flexibility index (Phi) is 7.61. The Balaban J connectivity index is 1.89. The highest BCUT2D eigenvalue weighted by Gasteiger charge is 2.59. The van der Waals surface area contributed by atoms with Crippen molar-refractivity contribution in [3.8, 4) is 0 Å². The number of thioether (sulfide) groups is 1. The number of halogens is 3. The highest BCUT2D eigenvalue weighted by Crippen LogP contribution is 2.50. The highest BCUT2D eigenvalue weighted by atomic mass is 127. The van der Waals surface area contributed by atoms with Crippen LogP contribution in [0.3, 0.4) is 0 Å². The van der Waals surface area contributed by atoms with Crippen molar-refractivity contribution in [3.63, 3.8) is 0 Å². The molecule has 3 aliphatic rings. The summed E-state index contributed by atoms with van der Waals surface area (Å²) < 4.78 is 27.8. The lowest BCUT2D eigenvalue weighted by atomic mass is 9.78. The molecular formula is C25H31BrFIN4O4S. The maximum absolute atomic E-state index is 15.4. The van der Waals surface area contributed by atoms with E-state index in [0.717, 1.165) is 6.42 Å². The Morgan fingerprint density at radius 1 is 1.24 bits per heavy atom. The molecule has 202 valence electrons. The summed E-state index contributed by atoms with van der Waals surface area (Å²) in [5.74, 6) is -0.542. The zero-order chi connectivity index (χ0) is 27.6. The number of rotatable bonds is 3. The molecule has 3 heterocycles. The van der Waals surface area contributed by atoms with E-state index in [1.807, 2.05) is 43.4 Å². The van der Waals surface area contributed by atoms with E-state index < -0.39 is 35.2 Å². The number of hydrogen-bond donors (Lipinski definition) is 1. The maximum atomic E-state index is 15.4. The van der Waals surface area contributed by atoms with Crippen LogP contribution >= 0.6 is 50.3 Å². The summed E-state index contributed by atoms with van der Waals surface area (Å²) in [7, 11) is 0. The van der Waals surface area contributed by atoms with Crippen molar-refractivity contribution in [3.05, 3.63) is 19.9 Å². The Morgan fingerprint density at radius 2 is 1.86 bits per heavy atom. The largest absolute Gasteiger partial charge is 0.444 e. The summed E-state index contributed by atoms with van der Waals surface area (Å²) in [5, 5.41) is 0.806. The number of anilines is 2. The number of carbonyl (C=O) groups excluding carboxylic acids is 2. The smallest absolute Gasteiger partial charge is 0.415 e. The molecule has 2 aromatic rings. The van der Waals surface area contributed by atoms with E-state index in [1.54, 1.807) is 38.0 Å². The Morgan fingerprint density at radius 3 is 2.43 bits per heavy atom. The molecular weight excluding hydrogens is 678 g/mol. The van der Waals surface area contributed by atoms with Crippen LogP contribution in [-0.4, -0.2) is 58.2 Å². The topological polar surface area (TPSA) is 98.0 Å². The molecule has 2 bridgehead atoms. The second-order valence-corrected chi connectivity index (χ2v) is 14.1. The number of ether oxygens (including phenoxy) is 2. The van der Waals surface area contributed by atoms with Gasteiger partial charge in [-0.25, -0.2) is 19.0 Å². The minimum Gasteiger partial charge on any atom is -0.444 e. The molecule has 2 N–H and O–H groups in total. The van der Waals surface area contributed by atoms with Gasteiger partial charge >= 0.3 is 12.2 Å². The second kappa shape index (κ2) is 9.89. The van der Waals surface area contributed by atoms with Gasteiger partial charge in [0.25, 0.3) is 0 Å². The van der Waals surface area contributed by atoms with Crippen molar-refractivity contribution >= 4 is 84.7 Å². The van der Waals surface area contributed by atoms with Gasteiger partial charge < -0.3 is 20.1 Å². The fourth-order valence-corrected chi connectivity index (χ4v) is 6.22. The van der Waals surface area contributed by atoms with Crippen molar-refractivity contribution in [2.45, 2.75) is 76.3 Å². The zero-order valence-corrected chi connectivity index (χ0v) is 26.4. The van der Waals surface area contributed by atoms with Gasteiger partial charge in [0.2, 0.25) is 0 Å². The van der Waals surface area contributed by atoms with Gasteiger partial charge in [0.15, 0.2) is 5.82 Å². The summed E-state index contributed by atoms with van der Waals surface area (Å²) in [6.07, 6.45) is 1.48. The summed E-state index contributed by atoms with van der Waals surface area (Å²) >= 11 is 6.60. The summed E-state index contributed by atoms with van der Waals surface area (Å²) in [6.45, 7) is 11.2. The fraction of sp³-hybridized carbons (Fsp3) is 0.560. The molecule has 2 amide bonds. The van der Waals surface area contributed by atoms with Crippen LogP contribution in [0, 0.1) is 15.3 Å². The molecule has 2 saturated heterocycles. The number of pyridine rings is 1. The number of nitrogen functional groups attached to an aromatic ring is 1. The molecule has 0 spiro atoms. The van der Waals surface area contributed by atoms with Crippen LogP contribution in [0.4, 0.5) is 25.4 Å². The molecule has 0 unspecified atom stereocenters. The summed E-state index contributed by atoms with van der Waals surface area (Å²) in [5.41, 5.74) is 5.91. The summed E-state index contributed by atoms with van der Waals surface area (Å²) in [6, 6.07) is 1.07. The molecule has 12 heteroatoms. The lowest BCUT2D eigenvalue weighted by Crippen LogP contribution is -2.59. The standard InChI is InChI=1S/C25H31BrFIN4O4S/c1-24(2,3)35-22(33)31-10-11-8-14(31)19(11)32(23(34)36-25(4,5)6)20-12-9-13(28)15(26)16(27)18(12)30-21(37-7)17(20)29/h9,11,14,19H,8,10,29H2,1-7H3/t11-,14-,19+/m1/s1. The van der Waals surface area contributed by atoms with E-state index >= 15 is 4.39 Å². The fourth-order valence-electron chi connectivity index (χ4n) is 4.87. The average Bonchev–Trinajstić information content (AvgIpc) is 3.34. The van der Waals surface area contributed by atoms with Gasteiger partial charge in [-0.1, -0.05) is 0 Å². The normalized spacial score (nSPS) is 21.1. The van der Waals surface area contributed by atoms with Crippen LogP contribution in [-0.2, 0) is 9.47 Å².